The number of hydrogen-bond donors (Lipinski definition) is 1. The van der Waals surface area contributed by atoms with Crippen molar-refractivity contribution in [2.75, 3.05) is 17.7 Å². The zero-order chi connectivity index (χ0) is 27.0. The van der Waals surface area contributed by atoms with Crippen molar-refractivity contribution < 1.29 is 42.0 Å². The predicted molar refractivity (Wildman–Crippen MR) is 124 cm³/mol. The number of amides is 1. The van der Waals surface area contributed by atoms with E-state index in [0.717, 1.165) is 30.0 Å². The van der Waals surface area contributed by atoms with Gasteiger partial charge < -0.3 is 14.8 Å². The highest BCUT2D eigenvalue weighted by molar-refractivity contribution is 8.00. The molecule has 37 heavy (non-hydrogen) atoms. The van der Waals surface area contributed by atoms with E-state index in [1.54, 1.807) is 0 Å². The van der Waals surface area contributed by atoms with Crippen molar-refractivity contribution in [3.8, 4) is 5.75 Å². The van der Waals surface area contributed by atoms with Gasteiger partial charge in [-0.1, -0.05) is 23.9 Å². The predicted octanol–water partition coefficient (Wildman–Crippen LogP) is 4.66. The summed E-state index contributed by atoms with van der Waals surface area (Å²) in [6.45, 7) is -0.673. The van der Waals surface area contributed by atoms with Crippen LogP contribution in [0.3, 0.4) is 0 Å². The van der Waals surface area contributed by atoms with Crippen LogP contribution in [0.4, 0.5) is 24.5 Å². The number of Topliss-reactive ketones (excluding diaryl/α,β-unsaturated/α-hetero) is 1. The fraction of sp³-hybridized carbons (Fsp3) is 0.130. The minimum atomic E-state index is -4.83. The molecule has 0 bridgehead atoms. The van der Waals surface area contributed by atoms with E-state index in [9.17, 15) is 37.7 Å². The van der Waals surface area contributed by atoms with Crippen molar-refractivity contribution in [1.29, 1.82) is 0 Å². The van der Waals surface area contributed by atoms with E-state index < -0.39 is 41.3 Å². The summed E-state index contributed by atoms with van der Waals surface area (Å²) in [5, 5.41) is 13.5. The number of carbonyl (C=O) groups is 3. The minimum absolute atomic E-state index is 0.00235. The van der Waals surface area contributed by atoms with Gasteiger partial charge in [-0.05, 0) is 36.4 Å². The number of rotatable bonds is 10. The van der Waals surface area contributed by atoms with Gasteiger partial charge in [0.2, 0.25) is 11.7 Å². The van der Waals surface area contributed by atoms with E-state index >= 15 is 0 Å². The minimum Gasteiger partial charge on any atom is -0.454 e. The van der Waals surface area contributed by atoms with Crippen LogP contribution >= 0.6 is 11.8 Å². The maximum Gasteiger partial charge on any atom is 0.573 e. The maximum atomic E-state index is 12.5. The third-order valence-corrected chi connectivity index (χ3v) is 5.42. The first-order valence-corrected chi connectivity index (χ1v) is 11.2. The summed E-state index contributed by atoms with van der Waals surface area (Å²) in [5.74, 6) is -2.72. The largest absolute Gasteiger partial charge is 0.573 e. The highest BCUT2D eigenvalue weighted by Crippen LogP contribution is 2.25. The molecule has 0 aliphatic carbocycles. The Morgan fingerprint density at radius 3 is 2.46 bits per heavy atom. The van der Waals surface area contributed by atoms with Crippen molar-refractivity contribution in [2.45, 2.75) is 11.4 Å². The highest BCUT2D eigenvalue weighted by atomic mass is 32.2. The van der Waals surface area contributed by atoms with Crippen LogP contribution < -0.4 is 10.1 Å². The number of alkyl halides is 3. The first-order chi connectivity index (χ1) is 17.5. The van der Waals surface area contributed by atoms with Gasteiger partial charge in [0, 0.05) is 29.6 Å². The number of non-ortho nitro benzene ring substituents is 1. The van der Waals surface area contributed by atoms with Crippen LogP contribution in [0.25, 0.3) is 0 Å². The number of hydrogen-bond acceptors (Lipinski definition) is 9. The number of pyridine rings is 1. The number of ketones is 1. The average molecular weight is 535 g/mol. The molecule has 0 spiro atoms. The summed E-state index contributed by atoms with van der Waals surface area (Å²) in [5.41, 5.74) is -0.0781. The molecule has 0 radical (unpaired) electrons. The molecule has 2 aromatic carbocycles. The lowest BCUT2D eigenvalue weighted by molar-refractivity contribution is -0.384. The van der Waals surface area contributed by atoms with Gasteiger partial charge in [-0.3, -0.25) is 19.7 Å². The number of nitro benzene ring substituents is 1. The number of benzene rings is 2. The highest BCUT2D eigenvalue weighted by Gasteiger charge is 2.31. The Bertz CT molecular complexity index is 1320. The van der Waals surface area contributed by atoms with Gasteiger partial charge in [-0.25, -0.2) is 9.78 Å². The molecule has 3 aromatic rings. The lowest BCUT2D eigenvalue weighted by Gasteiger charge is -2.10. The number of nitrogens with one attached hydrogen (secondary N) is 1. The number of nitrogens with zero attached hydrogens (tertiary/aromatic N) is 2. The first-order valence-electron chi connectivity index (χ1n) is 10.2. The second-order valence-corrected chi connectivity index (χ2v) is 8.04. The summed E-state index contributed by atoms with van der Waals surface area (Å²) >= 11 is 0.892. The third kappa shape index (κ3) is 8.31. The van der Waals surface area contributed by atoms with Crippen LogP contribution in [0.2, 0.25) is 0 Å². The van der Waals surface area contributed by atoms with Crippen molar-refractivity contribution in [1.82, 2.24) is 4.98 Å². The van der Waals surface area contributed by atoms with E-state index in [0.29, 0.717) is 0 Å². The van der Waals surface area contributed by atoms with Gasteiger partial charge in [-0.2, -0.15) is 0 Å². The normalized spacial score (nSPS) is 10.9. The van der Waals surface area contributed by atoms with E-state index in [4.69, 9.17) is 4.74 Å². The smallest absolute Gasteiger partial charge is 0.454 e. The van der Waals surface area contributed by atoms with Crippen molar-refractivity contribution in [3.05, 3.63) is 88.1 Å². The number of nitro groups is 1. The fourth-order valence-electron chi connectivity index (χ4n) is 2.82. The quantitative estimate of drug-likeness (QED) is 0.129. The van der Waals surface area contributed by atoms with Gasteiger partial charge in [0.15, 0.2) is 6.61 Å². The van der Waals surface area contributed by atoms with Gasteiger partial charge in [0.05, 0.1) is 16.2 Å². The summed E-state index contributed by atoms with van der Waals surface area (Å²) in [4.78, 5) is 51.3. The molecule has 192 valence electrons. The van der Waals surface area contributed by atoms with Crippen LogP contribution in [0.15, 0.2) is 71.9 Å². The van der Waals surface area contributed by atoms with Gasteiger partial charge in [-0.15, -0.1) is 13.2 Å². The number of carbonyl (C=O) groups excluding carboxylic acids is 3. The average Bonchev–Trinajstić information content (AvgIpc) is 2.86. The van der Waals surface area contributed by atoms with Gasteiger partial charge in [0.25, 0.3) is 5.69 Å². The SMILES string of the molecule is O=C(CSc1ncccc1C(=O)OCC(=O)c1cccc([N+](=O)[O-])c1)Nc1ccc(OC(F)(F)F)cc1. The van der Waals surface area contributed by atoms with Crippen LogP contribution in [0.1, 0.15) is 20.7 Å². The number of thioether (sulfide) groups is 1. The Labute approximate surface area is 210 Å². The molecule has 1 aromatic heterocycles. The Balaban J connectivity index is 1.55. The topological polar surface area (TPSA) is 138 Å². The Kier molecular flexibility index (Phi) is 8.79. The second-order valence-electron chi connectivity index (χ2n) is 7.07. The summed E-state index contributed by atoms with van der Waals surface area (Å²) < 4.78 is 45.5. The summed E-state index contributed by atoms with van der Waals surface area (Å²) in [7, 11) is 0. The molecule has 0 fully saturated rings. The first kappa shape index (κ1) is 27.1. The van der Waals surface area contributed by atoms with Crippen LogP contribution in [-0.2, 0) is 9.53 Å². The van der Waals surface area contributed by atoms with Crippen LogP contribution in [0.5, 0.6) is 5.75 Å². The molecule has 0 aliphatic heterocycles. The fourth-order valence-corrected chi connectivity index (χ4v) is 3.60. The number of halogens is 3. The van der Waals surface area contributed by atoms with Crippen LogP contribution in [0, 0.1) is 10.1 Å². The Morgan fingerprint density at radius 1 is 1.05 bits per heavy atom. The number of anilines is 1. The molecule has 1 heterocycles. The van der Waals surface area contributed by atoms with Gasteiger partial charge in [0.1, 0.15) is 10.8 Å². The third-order valence-electron chi connectivity index (χ3n) is 4.42. The molecular weight excluding hydrogens is 519 g/mol. The standard InChI is InChI=1S/C23H16F3N3O7S/c24-23(25,26)36-17-8-6-15(7-9-17)28-20(31)13-37-21-18(5-2-10-27-21)22(32)35-12-19(30)14-3-1-4-16(11-14)29(33)34/h1-11H,12-13H2,(H,28,31). The molecule has 10 nitrogen and oxygen atoms in total. The van der Waals surface area contributed by atoms with E-state index in [2.05, 4.69) is 15.0 Å². The Hall–Kier alpha value is -4.46. The summed E-state index contributed by atoms with van der Waals surface area (Å²) in [6, 6.07) is 12.3. The molecule has 0 unspecified atom stereocenters. The number of esters is 1. The second kappa shape index (κ2) is 12.0. The zero-order valence-electron chi connectivity index (χ0n) is 18.6. The zero-order valence-corrected chi connectivity index (χ0v) is 19.4. The maximum absolute atomic E-state index is 12.5. The molecular formula is C23H16F3N3O7S. The lowest BCUT2D eigenvalue weighted by atomic mass is 10.1. The molecule has 14 heteroatoms. The molecule has 0 atom stereocenters. The number of aromatic nitrogens is 1. The molecule has 0 saturated heterocycles. The van der Waals surface area contributed by atoms with E-state index in [1.165, 1.54) is 48.7 Å². The van der Waals surface area contributed by atoms with Crippen molar-refractivity contribution in [3.63, 3.8) is 0 Å². The number of ether oxygens (including phenoxy) is 2. The molecule has 0 saturated carbocycles. The molecule has 1 amide bonds. The monoisotopic (exact) mass is 535 g/mol. The molecule has 0 aliphatic rings. The summed E-state index contributed by atoms with van der Waals surface area (Å²) in [6.07, 6.45) is -3.46. The van der Waals surface area contributed by atoms with Gasteiger partial charge >= 0.3 is 12.3 Å². The van der Waals surface area contributed by atoms with Crippen molar-refractivity contribution >= 4 is 40.8 Å². The van der Waals surface area contributed by atoms with Crippen molar-refractivity contribution in [2.24, 2.45) is 0 Å². The van der Waals surface area contributed by atoms with Crippen LogP contribution in [-0.4, -0.2) is 46.3 Å². The Morgan fingerprint density at radius 2 is 1.78 bits per heavy atom. The molecule has 3 rings (SSSR count). The van der Waals surface area contributed by atoms with E-state index in [-0.39, 0.29) is 33.3 Å². The lowest BCUT2D eigenvalue weighted by Crippen LogP contribution is -2.17. The van der Waals surface area contributed by atoms with E-state index in [1.807, 2.05) is 0 Å². The molecule has 1 N–H and O–H groups in total.